The topological polar surface area (TPSA) is 44.9 Å². The Bertz CT molecular complexity index is 797. The van der Waals surface area contributed by atoms with Gasteiger partial charge >= 0.3 is 0 Å². The third-order valence-electron chi connectivity index (χ3n) is 3.02. The molecule has 0 unspecified atom stereocenters. The van der Waals surface area contributed by atoms with Crippen LogP contribution >= 0.6 is 11.6 Å². The predicted octanol–water partition coefficient (Wildman–Crippen LogP) is 4.21. The molecule has 3 nitrogen and oxygen atoms in total. The molecule has 2 N–H and O–H groups in total. The Kier molecular flexibility index (Phi) is 3.16. The molecule has 3 aromatic rings. The molecular formula is C15H10ClFN2O. The number of anilines is 1. The molecule has 0 spiro atoms. The van der Waals surface area contributed by atoms with Gasteiger partial charge in [-0.2, -0.15) is 0 Å². The van der Waals surface area contributed by atoms with Crippen molar-refractivity contribution in [2.24, 2.45) is 0 Å². The summed E-state index contributed by atoms with van der Waals surface area (Å²) in [6, 6.07) is 11.1. The summed E-state index contributed by atoms with van der Waals surface area (Å²) >= 11 is 5.90. The van der Waals surface area contributed by atoms with E-state index in [-0.39, 0.29) is 10.9 Å². The molecule has 0 aliphatic carbocycles. The standard InChI is InChI=1S/C15H10ClFN2O/c16-12-8-9(17)4-5-14(12)19-15(20)11-2-1-3-13-10(11)6-7-18-13/h1-8,18H,(H,19,20). The van der Waals surface area contributed by atoms with E-state index in [1.54, 1.807) is 18.3 Å². The number of carbonyl (C=O) groups is 1. The Balaban J connectivity index is 1.95. The summed E-state index contributed by atoms with van der Waals surface area (Å²) in [5.41, 5.74) is 1.79. The monoisotopic (exact) mass is 288 g/mol. The quantitative estimate of drug-likeness (QED) is 0.729. The molecule has 1 heterocycles. The highest BCUT2D eigenvalue weighted by atomic mass is 35.5. The first kappa shape index (κ1) is 12.7. The van der Waals surface area contributed by atoms with Crippen molar-refractivity contribution >= 4 is 34.1 Å². The van der Waals surface area contributed by atoms with E-state index in [1.165, 1.54) is 12.1 Å². The van der Waals surface area contributed by atoms with Crippen LogP contribution in [-0.4, -0.2) is 10.9 Å². The number of benzene rings is 2. The van der Waals surface area contributed by atoms with Crippen molar-refractivity contribution in [3.05, 3.63) is 65.1 Å². The maximum absolute atomic E-state index is 13.0. The van der Waals surface area contributed by atoms with E-state index in [0.29, 0.717) is 11.3 Å². The van der Waals surface area contributed by atoms with E-state index >= 15 is 0 Å². The third-order valence-corrected chi connectivity index (χ3v) is 3.33. The number of aromatic amines is 1. The molecule has 0 saturated heterocycles. The van der Waals surface area contributed by atoms with Gasteiger partial charge in [-0.3, -0.25) is 4.79 Å². The molecule has 0 aliphatic rings. The lowest BCUT2D eigenvalue weighted by atomic mass is 10.1. The molecule has 5 heteroatoms. The van der Waals surface area contributed by atoms with E-state index in [9.17, 15) is 9.18 Å². The summed E-state index contributed by atoms with van der Waals surface area (Å²) in [4.78, 5) is 15.3. The number of H-pyrrole nitrogens is 1. The summed E-state index contributed by atoms with van der Waals surface area (Å²) in [6.07, 6.45) is 1.77. The SMILES string of the molecule is O=C(Nc1ccc(F)cc1Cl)c1cccc2[nH]ccc12. The second-order valence-corrected chi connectivity index (χ2v) is 4.73. The van der Waals surface area contributed by atoms with Gasteiger partial charge in [-0.1, -0.05) is 17.7 Å². The number of hydrogen-bond donors (Lipinski definition) is 2. The minimum absolute atomic E-state index is 0.166. The maximum Gasteiger partial charge on any atom is 0.256 e. The summed E-state index contributed by atoms with van der Waals surface area (Å²) in [5.74, 6) is -0.732. The van der Waals surface area contributed by atoms with Crippen LogP contribution in [0.1, 0.15) is 10.4 Å². The number of rotatable bonds is 2. The lowest BCUT2D eigenvalue weighted by Gasteiger charge is -2.08. The highest BCUT2D eigenvalue weighted by Gasteiger charge is 2.12. The molecule has 1 aromatic heterocycles. The van der Waals surface area contributed by atoms with Crippen molar-refractivity contribution in [3.8, 4) is 0 Å². The van der Waals surface area contributed by atoms with Crippen LogP contribution in [0, 0.1) is 5.82 Å². The summed E-state index contributed by atoms with van der Waals surface area (Å²) in [5, 5.41) is 3.67. The van der Waals surface area contributed by atoms with Crippen molar-refractivity contribution in [1.29, 1.82) is 0 Å². The Morgan fingerprint density at radius 2 is 2.05 bits per heavy atom. The molecule has 2 aromatic carbocycles. The number of amides is 1. The average molecular weight is 289 g/mol. The van der Waals surface area contributed by atoms with Gasteiger partial charge in [-0.05, 0) is 36.4 Å². The predicted molar refractivity (Wildman–Crippen MR) is 77.7 cm³/mol. The van der Waals surface area contributed by atoms with Crippen LogP contribution in [0.15, 0.2) is 48.7 Å². The van der Waals surface area contributed by atoms with E-state index in [4.69, 9.17) is 11.6 Å². The first-order chi connectivity index (χ1) is 9.65. The Morgan fingerprint density at radius 3 is 2.85 bits per heavy atom. The summed E-state index contributed by atoms with van der Waals surface area (Å²) in [7, 11) is 0. The Morgan fingerprint density at radius 1 is 1.20 bits per heavy atom. The van der Waals surface area contributed by atoms with Crippen LogP contribution in [0.4, 0.5) is 10.1 Å². The van der Waals surface area contributed by atoms with Gasteiger partial charge in [0.05, 0.1) is 10.7 Å². The summed E-state index contributed by atoms with van der Waals surface area (Å²) in [6.45, 7) is 0. The number of hydrogen-bond acceptors (Lipinski definition) is 1. The zero-order valence-corrected chi connectivity index (χ0v) is 11.0. The van der Waals surface area contributed by atoms with Crippen molar-refractivity contribution < 1.29 is 9.18 Å². The largest absolute Gasteiger partial charge is 0.361 e. The number of fused-ring (bicyclic) bond motifs is 1. The fourth-order valence-electron chi connectivity index (χ4n) is 2.06. The molecule has 0 radical (unpaired) electrons. The smallest absolute Gasteiger partial charge is 0.256 e. The third kappa shape index (κ3) is 2.26. The fourth-order valence-corrected chi connectivity index (χ4v) is 2.28. The second-order valence-electron chi connectivity index (χ2n) is 4.32. The van der Waals surface area contributed by atoms with Crippen molar-refractivity contribution in [2.45, 2.75) is 0 Å². The molecule has 3 rings (SSSR count). The maximum atomic E-state index is 13.0. The van der Waals surface area contributed by atoms with E-state index < -0.39 is 5.82 Å². The highest BCUT2D eigenvalue weighted by Crippen LogP contribution is 2.24. The van der Waals surface area contributed by atoms with Gasteiger partial charge in [0.2, 0.25) is 0 Å². The second kappa shape index (κ2) is 4.98. The minimum Gasteiger partial charge on any atom is -0.361 e. The zero-order chi connectivity index (χ0) is 14.1. The van der Waals surface area contributed by atoms with Gasteiger partial charge in [-0.15, -0.1) is 0 Å². The normalized spacial score (nSPS) is 10.7. The van der Waals surface area contributed by atoms with Gasteiger partial charge in [0.15, 0.2) is 0 Å². The molecule has 0 saturated carbocycles. The van der Waals surface area contributed by atoms with Gasteiger partial charge in [0, 0.05) is 22.7 Å². The van der Waals surface area contributed by atoms with Crippen molar-refractivity contribution in [3.63, 3.8) is 0 Å². The molecular weight excluding hydrogens is 279 g/mol. The molecule has 100 valence electrons. The van der Waals surface area contributed by atoms with Crippen molar-refractivity contribution in [1.82, 2.24) is 4.98 Å². The molecule has 0 atom stereocenters. The van der Waals surface area contributed by atoms with E-state index in [1.807, 2.05) is 12.1 Å². The highest BCUT2D eigenvalue weighted by molar-refractivity contribution is 6.34. The first-order valence-electron chi connectivity index (χ1n) is 5.97. The Labute approximate surface area is 119 Å². The molecule has 20 heavy (non-hydrogen) atoms. The first-order valence-corrected chi connectivity index (χ1v) is 6.35. The lowest BCUT2D eigenvalue weighted by Crippen LogP contribution is -2.12. The number of carbonyl (C=O) groups excluding carboxylic acids is 1. The van der Waals surface area contributed by atoms with E-state index in [0.717, 1.165) is 17.0 Å². The van der Waals surface area contributed by atoms with Crippen molar-refractivity contribution in [2.75, 3.05) is 5.32 Å². The molecule has 0 aliphatic heterocycles. The van der Waals surface area contributed by atoms with Crippen LogP contribution in [-0.2, 0) is 0 Å². The van der Waals surface area contributed by atoms with Crippen LogP contribution in [0.3, 0.4) is 0 Å². The molecule has 0 bridgehead atoms. The number of nitrogens with one attached hydrogen (secondary N) is 2. The summed E-state index contributed by atoms with van der Waals surface area (Å²) < 4.78 is 13.0. The van der Waals surface area contributed by atoms with Gasteiger partial charge < -0.3 is 10.3 Å². The van der Waals surface area contributed by atoms with Crippen LogP contribution in [0.25, 0.3) is 10.9 Å². The number of halogens is 2. The van der Waals surface area contributed by atoms with Crippen LogP contribution in [0.2, 0.25) is 5.02 Å². The molecule has 1 amide bonds. The van der Waals surface area contributed by atoms with Crippen LogP contribution in [0.5, 0.6) is 0 Å². The molecule has 0 fully saturated rings. The van der Waals surface area contributed by atoms with Crippen LogP contribution < -0.4 is 5.32 Å². The number of aromatic nitrogens is 1. The van der Waals surface area contributed by atoms with Gasteiger partial charge in [0.25, 0.3) is 5.91 Å². The lowest BCUT2D eigenvalue weighted by molar-refractivity contribution is 0.102. The Hall–Kier alpha value is -2.33. The zero-order valence-electron chi connectivity index (χ0n) is 10.3. The minimum atomic E-state index is -0.444. The average Bonchev–Trinajstić information content (AvgIpc) is 2.90. The van der Waals surface area contributed by atoms with Gasteiger partial charge in [-0.25, -0.2) is 4.39 Å². The fraction of sp³-hybridized carbons (Fsp3) is 0. The van der Waals surface area contributed by atoms with Gasteiger partial charge in [0.1, 0.15) is 5.82 Å². The van der Waals surface area contributed by atoms with E-state index in [2.05, 4.69) is 10.3 Å².